The minimum atomic E-state index is -0.167. The van der Waals surface area contributed by atoms with Crippen LogP contribution in [-0.2, 0) is 6.54 Å². The zero-order valence-electron chi connectivity index (χ0n) is 17.1. The SMILES string of the molecule is Cc1nc(C(=O)N(C)C)nc(N2CC[C@@H](NCc3c(C)n[nH]c3C)C2)c1C. The Hall–Kier alpha value is -2.48. The lowest BCUT2D eigenvalue weighted by Crippen LogP contribution is -2.33. The molecule has 146 valence electrons. The van der Waals surface area contributed by atoms with Crippen molar-refractivity contribution in [1.29, 1.82) is 0 Å². The zero-order valence-corrected chi connectivity index (χ0v) is 17.1. The monoisotopic (exact) mass is 371 g/mol. The first-order valence-electron chi connectivity index (χ1n) is 9.33. The third-order valence-electron chi connectivity index (χ3n) is 5.30. The van der Waals surface area contributed by atoms with Gasteiger partial charge in [-0.1, -0.05) is 0 Å². The number of anilines is 1. The summed E-state index contributed by atoms with van der Waals surface area (Å²) in [5.41, 5.74) is 5.29. The first-order valence-corrected chi connectivity index (χ1v) is 9.33. The second-order valence-corrected chi connectivity index (χ2v) is 7.51. The number of nitrogens with one attached hydrogen (secondary N) is 2. The predicted octanol–water partition coefficient (Wildman–Crippen LogP) is 1.50. The number of aromatic amines is 1. The van der Waals surface area contributed by atoms with Crippen LogP contribution in [0.4, 0.5) is 5.82 Å². The number of carbonyl (C=O) groups excluding carboxylic acids is 1. The fraction of sp³-hybridized carbons (Fsp3) is 0.579. The molecule has 0 bridgehead atoms. The molecule has 1 atom stereocenters. The Bertz CT molecular complexity index is 823. The van der Waals surface area contributed by atoms with E-state index in [4.69, 9.17) is 0 Å². The third kappa shape index (κ3) is 3.95. The molecule has 0 spiro atoms. The molecule has 8 nitrogen and oxygen atoms in total. The van der Waals surface area contributed by atoms with Crippen LogP contribution in [0.15, 0.2) is 0 Å². The molecule has 1 aliphatic heterocycles. The molecule has 3 rings (SSSR count). The number of hydrogen-bond donors (Lipinski definition) is 2. The minimum absolute atomic E-state index is 0.167. The molecule has 8 heteroatoms. The van der Waals surface area contributed by atoms with E-state index in [0.717, 1.165) is 54.5 Å². The minimum Gasteiger partial charge on any atom is -0.355 e. The molecule has 0 aliphatic carbocycles. The molecule has 2 aromatic heterocycles. The fourth-order valence-corrected chi connectivity index (χ4v) is 3.42. The second-order valence-electron chi connectivity index (χ2n) is 7.51. The van der Waals surface area contributed by atoms with Crippen molar-refractivity contribution >= 4 is 11.7 Å². The fourth-order valence-electron chi connectivity index (χ4n) is 3.42. The van der Waals surface area contributed by atoms with Crippen molar-refractivity contribution in [3.05, 3.63) is 34.0 Å². The number of aryl methyl sites for hydroxylation is 3. The molecular formula is C19H29N7O. The molecule has 2 aromatic rings. The zero-order chi connectivity index (χ0) is 19.7. The molecule has 27 heavy (non-hydrogen) atoms. The number of H-pyrrole nitrogens is 1. The normalized spacial score (nSPS) is 16.8. The Kier molecular flexibility index (Phi) is 5.46. The lowest BCUT2D eigenvalue weighted by molar-refractivity contribution is 0.0815. The van der Waals surface area contributed by atoms with Gasteiger partial charge in [0.25, 0.3) is 5.91 Å². The number of rotatable bonds is 5. The summed E-state index contributed by atoms with van der Waals surface area (Å²) in [7, 11) is 3.44. The smallest absolute Gasteiger partial charge is 0.291 e. The molecule has 1 saturated heterocycles. The van der Waals surface area contributed by atoms with E-state index < -0.39 is 0 Å². The van der Waals surface area contributed by atoms with Crippen LogP contribution in [0.1, 0.15) is 45.2 Å². The topological polar surface area (TPSA) is 90.0 Å². The van der Waals surface area contributed by atoms with Crippen molar-refractivity contribution in [3.63, 3.8) is 0 Å². The highest BCUT2D eigenvalue weighted by atomic mass is 16.2. The molecular weight excluding hydrogens is 342 g/mol. The van der Waals surface area contributed by atoms with Gasteiger partial charge in [-0.15, -0.1) is 0 Å². The van der Waals surface area contributed by atoms with Crippen molar-refractivity contribution in [2.75, 3.05) is 32.1 Å². The highest BCUT2D eigenvalue weighted by Crippen LogP contribution is 2.24. The van der Waals surface area contributed by atoms with Gasteiger partial charge in [0.1, 0.15) is 5.82 Å². The highest BCUT2D eigenvalue weighted by molar-refractivity contribution is 5.90. The van der Waals surface area contributed by atoms with Crippen LogP contribution in [0, 0.1) is 27.7 Å². The Morgan fingerprint density at radius 1 is 1.22 bits per heavy atom. The maximum absolute atomic E-state index is 12.3. The number of nitrogens with zero attached hydrogens (tertiary/aromatic N) is 5. The van der Waals surface area contributed by atoms with Gasteiger partial charge >= 0.3 is 0 Å². The molecule has 0 saturated carbocycles. The van der Waals surface area contributed by atoms with Crippen LogP contribution in [-0.4, -0.2) is 64.2 Å². The first kappa shape index (κ1) is 19.3. The summed E-state index contributed by atoms with van der Waals surface area (Å²) in [4.78, 5) is 25.0. The van der Waals surface area contributed by atoms with E-state index >= 15 is 0 Å². The van der Waals surface area contributed by atoms with Crippen LogP contribution in [0.3, 0.4) is 0 Å². The van der Waals surface area contributed by atoms with Crippen molar-refractivity contribution in [2.24, 2.45) is 0 Å². The van der Waals surface area contributed by atoms with Gasteiger partial charge < -0.3 is 15.1 Å². The summed E-state index contributed by atoms with van der Waals surface area (Å²) in [5.74, 6) is 0.964. The summed E-state index contributed by atoms with van der Waals surface area (Å²) in [6.45, 7) is 10.6. The van der Waals surface area contributed by atoms with E-state index in [1.54, 1.807) is 14.1 Å². The Labute approximate surface area is 160 Å². The molecule has 0 unspecified atom stereocenters. The van der Waals surface area contributed by atoms with E-state index in [1.165, 1.54) is 10.5 Å². The number of amides is 1. The standard InChI is InChI=1S/C19H29N7O/c1-11-12(2)21-17(19(27)25(5)6)22-18(11)26-8-7-15(10-26)20-9-16-13(3)23-24-14(16)4/h15,20H,7-10H2,1-6H3,(H,23,24)/t15-/m1/s1. The summed E-state index contributed by atoms with van der Waals surface area (Å²) in [5, 5.41) is 10.9. The highest BCUT2D eigenvalue weighted by Gasteiger charge is 2.27. The number of carbonyl (C=O) groups is 1. The summed E-state index contributed by atoms with van der Waals surface area (Å²) in [6, 6.07) is 0.376. The summed E-state index contributed by atoms with van der Waals surface area (Å²) in [6.07, 6.45) is 1.04. The molecule has 1 aliphatic rings. The average molecular weight is 371 g/mol. The van der Waals surface area contributed by atoms with Crippen molar-refractivity contribution in [2.45, 2.75) is 46.7 Å². The van der Waals surface area contributed by atoms with Gasteiger partial charge in [-0.3, -0.25) is 9.89 Å². The van der Waals surface area contributed by atoms with E-state index in [9.17, 15) is 4.79 Å². The molecule has 1 amide bonds. The van der Waals surface area contributed by atoms with Crippen LogP contribution in [0.25, 0.3) is 0 Å². The lowest BCUT2D eigenvalue weighted by Gasteiger charge is -2.22. The maximum Gasteiger partial charge on any atom is 0.291 e. The third-order valence-corrected chi connectivity index (χ3v) is 5.30. The van der Waals surface area contributed by atoms with E-state index in [2.05, 4.69) is 30.4 Å². The van der Waals surface area contributed by atoms with Gasteiger partial charge in [0, 0.05) is 62.3 Å². The van der Waals surface area contributed by atoms with E-state index in [0.29, 0.717) is 6.04 Å². The average Bonchev–Trinajstić information content (AvgIpc) is 3.21. The van der Waals surface area contributed by atoms with Crippen LogP contribution in [0.2, 0.25) is 0 Å². The molecule has 1 fully saturated rings. The maximum atomic E-state index is 12.3. The predicted molar refractivity (Wildman–Crippen MR) is 105 cm³/mol. The molecule has 2 N–H and O–H groups in total. The molecule has 0 radical (unpaired) electrons. The van der Waals surface area contributed by atoms with Gasteiger partial charge in [-0.2, -0.15) is 5.10 Å². The van der Waals surface area contributed by atoms with Crippen molar-refractivity contribution < 1.29 is 4.79 Å². The second kappa shape index (κ2) is 7.64. The summed E-state index contributed by atoms with van der Waals surface area (Å²) >= 11 is 0. The van der Waals surface area contributed by atoms with Crippen molar-refractivity contribution in [3.8, 4) is 0 Å². The number of aromatic nitrogens is 4. The van der Waals surface area contributed by atoms with Gasteiger partial charge in [0.05, 0.1) is 5.69 Å². The molecule has 3 heterocycles. The molecule has 0 aromatic carbocycles. The quantitative estimate of drug-likeness (QED) is 0.828. The van der Waals surface area contributed by atoms with Crippen LogP contribution >= 0.6 is 0 Å². The largest absolute Gasteiger partial charge is 0.355 e. The number of hydrogen-bond acceptors (Lipinski definition) is 6. The Morgan fingerprint density at radius 3 is 2.59 bits per heavy atom. The van der Waals surface area contributed by atoms with Gasteiger partial charge in [0.15, 0.2) is 0 Å². The Balaban J connectivity index is 1.72. The Morgan fingerprint density at radius 2 is 1.96 bits per heavy atom. The van der Waals surface area contributed by atoms with Crippen molar-refractivity contribution in [1.82, 2.24) is 30.4 Å². The van der Waals surface area contributed by atoms with Gasteiger partial charge in [0.2, 0.25) is 5.82 Å². The van der Waals surface area contributed by atoms with Crippen LogP contribution in [0.5, 0.6) is 0 Å². The van der Waals surface area contributed by atoms with E-state index in [-0.39, 0.29) is 11.7 Å². The first-order chi connectivity index (χ1) is 12.8. The lowest BCUT2D eigenvalue weighted by atomic mass is 10.2. The summed E-state index contributed by atoms with van der Waals surface area (Å²) < 4.78 is 0. The van der Waals surface area contributed by atoms with Crippen LogP contribution < -0.4 is 10.2 Å². The van der Waals surface area contributed by atoms with Gasteiger partial charge in [-0.05, 0) is 34.1 Å². The van der Waals surface area contributed by atoms with Gasteiger partial charge in [-0.25, -0.2) is 9.97 Å². The van der Waals surface area contributed by atoms with E-state index in [1.807, 2.05) is 27.7 Å².